The van der Waals surface area contributed by atoms with Crippen molar-refractivity contribution in [2.75, 3.05) is 13.7 Å². The average Bonchev–Trinajstić information content (AvgIpc) is 2.47. The van der Waals surface area contributed by atoms with Gasteiger partial charge in [0.1, 0.15) is 17.7 Å². The highest BCUT2D eigenvalue weighted by Crippen LogP contribution is 2.26. The average molecular weight is 295 g/mol. The second-order valence-corrected chi connectivity index (χ2v) is 5.74. The monoisotopic (exact) mass is 295 g/mol. The molecule has 118 valence electrons. The van der Waals surface area contributed by atoms with Crippen LogP contribution in [0.15, 0.2) is 18.2 Å². The second-order valence-electron chi connectivity index (χ2n) is 5.74. The lowest BCUT2D eigenvalue weighted by Gasteiger charge is -2.28. The number of hydrogen-bond acceptors (Lipinski definition) is 3. The summed E-state index contributed by atoms with van der Waals surface area (Å²) in [5.74, 6) is 0.393. The van der Waals surface area contributed by atoms with E-state index in [1.807, 2.05) is 6.07 Å². The van der Waals surface area contributed by atoms with Crippen molar-refractivity contribution >= 4 is 0 Å². The van der Waals surface area contributed by atoms with E-state index < -0.39 is 0 Å². The molecule has 1 aliphatic carbocycles. The third-order valence-corrected chi connectivity index (χ3v) is 3.90. The van der Waals surface area contributed by atoms with Gasteiger partial charge >= 0.3 is 0 Å². The fourth-order valence-corrected chi connectivity index (χ4v) is 2.82. The van der Waals surface area contributed by atoms with Crippen LogP contribution in [0.5, 0.6) is 5.75 Å². The zero-order chi connectivity index (χ0) is 15.1. The highest BCUT2D eigenvalue weighted by molar-refractivity contribution is 5.29. The van der Waals surface area contributed by atoms with E-state index in [1.165, 1.54) is 6.07 Å². The van der Waals surface area contributed by atoms with Gasteiger partial charge in [0.25, 0.3) is 0 Å². The number of halogens is 1. The second kappa shape index (κ2) is 8.35. The lowest BCUT2D eigenvalue weighted by Crippen LogP contribution is -2.29. The molecule has 0 amide bonds. The Bertz CT molecular complexity index is 439. The maximum absolute atomic E-state index is 13.7. The number of rotatable bonds is 7. The molecule has 4 heteroatoms. The van der Waals surface area contributed by atoms with Crippen LogP contribution in [0.4, 0.5) is 4.39 Å². The molecule has 0 aromatic heterocycles. The summed E-state index contributed by atoms with van der Waals surface area (Å²) in [5, 5.41) is 3.28. The minimum absolute atomic E-state index is 0.127. The van der Waals surface area contributed by atoms with Gasteiger partial charge < -0.3 is 14.8 Å². The minimum Gasteiger partial charge on any atom is -0.490 e. The molecule has 1 aliphatic rings. The van der Waals surface area contributed by atoms with E-state index in [2.05, 4.69) is 12.2 Å². The largest absolute Gasteiger partial charge is 0.490 e. The Morgan fingerprint density at radius 1 is 1.24 bits per heavy atom. The Hall–Kier alpha value is -1.13. The normalized spacial score (nSPS) is 22.2. The predicted octanol–water partition coefficient (Wildman–Crippen LogP) is 3.66. The molecule has 1 saturated carbocycles. The van der Waals surface area contributed by atoms with Gasteiger partial charge in [-0.2, -0.15) is 0 Å². The third kappa shape index (κ3) is 5.29. The number of nitrogens with one attached hydrogen (secondary N) is 1. The summed E-state index contributed by atoms with van der Waals surface area (Å²) in [4.78, 5) is 0. The van der Waals surface area contributed by atoms with Crippen molar-refractivity contribution in [2.24, 2.45) is 0 Å². The molecule has 2 unspecified atom stereocenters. The zero-order valence-corrected chi connectivity index (χ0v) is 13.0. The first-order valence-electron chi connectivity index (χ1n) is 7.91. The van der Waals surface area contributed by atoms with E-state index in [9.17, 15) is 4.39 Å². The molecule has 0 bridgehead atoms. The molecule has 1 aromatic carbocycles. The van der Waals surface area contributed by atoms with Crippen LogP contribution in [0.1, 0.15) is 44.6 Å². The highest BCUT2D eigenvalue weighted by atomic mass is 19.1. The minimum atomic E-state index is -0.236. The van der Waals surface area contributed by atoms with Crippen molar-refractivity contribution in [3.8, 4) is 5.75 Å². The van der Waals surface area contributed by atoms with Gasteiger partial charge in [0.2, 0.25) is 0 Å². The summed E-state index contributed by atoms with van der Waals surface area (Å²) >= 11 is 0. The Labute approximate surface area is 126 Å². The van der Waals surface area contributed by atoms with Crippen LogP contribution in [0.3, 0.4) is 0 Å². The van der Waals surface area contributed by atoms with E-state index in [0.717, 1.165) is 44.2 Å². The molecule has 0 radical (unpaired) electrons. The summed E-state index contributed by atoms with van der Waals surface area (Å²) in [6, 6.07) is 4.97. The Kier molecular flexibility index (Phi) is 6.46. The first-order chi connectivity index (χ1) is 10.2. The zero-order valence-electron chi connectivity index (χ0n) is 13.0. The third-order valence-electron chi connectivity index (χ3n) is 3.90. The van der Waals surface area contributed by atoms with Gasteiger partial charge in [-0.25, -0.2) is 4.39 Å². The van der Waals surface area contributed by atoms with E-state index in [-0.39, 0.29) is 18.0 Å². The fraction of sp³-hybridized carbons (Fsp3) is 0.647. The summed E-state index contributed by atoms with van der Waals surface area (Å²) in [6.07, 6.45) is 5.55. The molecular weight excluding hydrogens is 269 g/mol. The molecule has 1 aromatic rings. The molecular formula is C17H26FNO2. The van der Waals surface area contributed by atoms with E-state index in [1.54, 1.807) is 13.2 Å². The SMILES string of the molecule is CCCNCc1cc(F)cc(OC2CCCC(OC)C2)c1. The number of ether oxygens (including phenoxy) is 2. The Balaban J connectivity index is 1.95. The van der Waals surface area contributed by atoms with Gasteiger partial charge in [-0.15, -0.1) is 0 Å². The molecule has 1 N–H and O–H groups in total. The fourth-order valence-electron chi connectivity index (χ4n) is 2.82. The maximum Gasteiger partial charge on any atom is 0.127 e. The van der Waals surface area contributed by atoms with Crippen LogP contribution >= 0.6 is 0 Å². The van der Waals surface area contributed by atoms with Crippen molar-refractivity contribution in [1.82, 2.24) is 5.32 Å². The molecule has 3 nitrogen and oxygen atoms in total. The molecule has 2 rings (SSSR count). The smallest absolute Gasteiger partial charge is 0.127 e. The van der Waals surface area contributed by atoms with E-state index in [4.69, 9.17) is 9.47 Å². The van der Waals surface area contributed by atoms with Crippen molar-refractivity contribution in [3.63, 3.8) is 0 Å². The van der Waals surface area contributed by atoms with E-state index in [0.29, 0.717) is 12.3 Å². The summed E-state index contributed by atoms with van der Waals surface area (Å²) in [6.45, 7) is 3.72. The van der Waals surface area contributed by atoms with Crippen LogP contribution < -0.4 is 10.1 Å². The van der Waals surface area contributed by atoms with Crippen molar-refractivity contribution in [3.05, 3.63) is 29.6 Å². The van der Waals surface area contributed by atoms with Gasteiger partial charge in [0, 0.05) is 26.1 Å². The molecule has 21 heavy (non-hydrogen) atoms. The maximum atomic E-state index is 13.7. The van der Waals surface area contributed by atoms with Crippen molar-refractivity contribution < 1.29 is 13.9 Å². The molecule has 0 spiro atoms. The number of methoxy groups -OCH3 is 1. The number of benzene rings is 1. The van der Waals surface area contributed by atoms with E-state index >= 15 is 0 Å². The van der Waals surface area contributed by atoms with Gasteiger partial charge in [0.15, 0.2) is 0 Å². The van der Waals surface area contributed by atoms with Gasteiger partial charge in [-0.1, -0.05) is 6.92 Å². The van der Waals surface area contributed by atoms with Crippen LogP contribution in [0.25, 0.3) is 0 Å². The Morgan fingerprint density at radius 3 is 2.81 bits per heavy atom. The molecule has 0 aliphatic heterocycles. The summed E-state index contributed by atoms with van der Waals surface area (Å²) in [5.41, 5.74) is 0.928. The van der Waals surface area contributed by atoms with Gasteiger partial charge in [-0.05, 0) is 49.9 Å². The van der Waals surface area contributed by atoms with Crippen LogP contribution in [-0.4, -0.2) is 25.9 Å². The topological polar surface area (TPSA) is 30.5 Å². The van der Waals surface area contributed by atoms with Crippen molar-refractivity contribution in [2.45, 2.75) is 57.8 Å². The molecule has 2 atom stereocenters. The van der Waals surface area contributed by atoms with Crippen LogP contribution in [0, 0.1) is 5.82 Å². The summed E-state index contributed by atoms with van der Waals surface area (Å²) in [7, 11) is 1.74. The highest BCUT2D eigenvalue weighted by Gasteiger charge is 2.23. The lowest BCUT2D eigenvalue weighted by atomic mass is 9.95. The molecule has 1 fully saturated rings. The van der Waals surface area contributed by atoms with Crippen LogP contribution in [0.2, 0.25) is 0 Å². The molecule has 0 saturated heterocycles. The summed E-state index contributed by atoms with van der Waals surface area (Å²) < 4.78 is 25.1. The van der Waals surface area contributed by atoms with Gasteiger partial charge in [-0.3, -0.25) is 0 Å². The van der Waals surface area contributed by atoms with Gasteiger partial charge in [0.05, 0.1) is 6.10 Å². The lowest BCUT2D eigenvalue weighted by molar-refractivity contribution is 0.0208. The van der Waals surface area contributed by atoms with Crippen LogP contribution in [-0.2, 0) is 11.3 Å². The van der Waals surface area contributed by atoms with Crippen molar-refractivity contribution in [1.29, 1.82) is 0 Å². The predicted molar refractivity (Wildman–Crippen MR) is 82.1 cm³/mol. The molecule has 0 heterocycles. The first kappa shape index (κ1) is 16.2. The quantitative estimate of drug-likeness (QED) is 0.779. The number of hydrogen-bond donors (Lipinski definition) is 1. The first-order valence-corrected chi connectivity index (χ1v) is 7.91. The Morgan fingerprint density at radius 2 is 2.05 bits per heavy atom. The standard InChI is InChI=1S/C17H26FNO2/c1-3-7-19-12-13-8-14(18)10-17(9-13)21-16-6-4-5-15(11-16)20-2/h8-10,15-16,19H,3-7,11-12H2,1-2H3.